The molecule has 0 aromatic heterocycles. The lowest BCUT2D eigenvalue weighted by Gasteiger charge is -2.07. The molecule has 0 radical (unpaired) electrons. The van der Waals surface area contributed by atoms with Gasteiger partial charge in [-0.2, -0.15) is 5.26 Å². The van der Waals surface area contributed by atoms with E-state index < -0.39 is 0 Å². The summed E-state index contributed by atoms with van der Waals surface area (Å²) in [6.07, 6.45) is 0.781. The number of nitriles is 1. The maximum Gasteiger partial charge on any atom is 0.123 e. The first-order chi connectivity index (χ1) is 8.74. The van der Waals surface area contributed by atoms with Crippen LogP contribution >= 0.6 is 0 Å². The molecule has 0 atom stereocenters. The molecule has 3 heteroatoms. The van der Waals surface area contributed by atoms with Gasteiger partial charge in [0.1, 0.15) is 5.75 Å². The normalized spacial score (nSPS) is 10.0. The molecule has 0 aliphatic carbocycles. The van der Waals surface area contributed by atoms with Crippen LogP contribution in [-0.2, 0) is 6.42 Å². The molecule has 3 N–H and O–H groups in total. The largest absolute Gasteiger partial charge is 0.507 e. The summed E-state index contributed by atoms with van der Waals surface area (Å²) in [5.41, 5.74) is 8.89. The Morgan fingerprint density at radius 3 is 2.44 bits per heavy atom. The van der Waals surface area contributed by atoms with Crippen LogP contribution in [-0.4, -0.2) is 11.7 Å². The van der Waals surface area contributed by atoms with Gasteiger partial charge in [-0.1, -0.05) is 18.2 Å². The first-order valence-corrected chi connectivity index (χ1v) is 5.77. The van der Waals surface area contributed by atoms with E-state index in [2.05, 4.69) is 6.07 Å². The third-order valence-electron chi connectivity index (χ3n) is 2.82. The molecule has 90 valence electrons. The minimum Gasteiger partial charge on any atom is -0.507 e. The second-order valence-electron chi connectivity index (χ2n) is 4.08. The van der Waals surface area contributed by atoms with Gasteiger partial charge in [-0.25, -0.2) is 0 Å². The first-order valence-electron chi connectivity index (χ1n) is 5.77. The molecule has 18 heavy (non-hydrogen) atoms. The van der Waals surface area contributed by atoms with Crippen LogP contribution in [0.15, 0.2) is 42.5 Å². The number of phenols is 1. The first kappa shape index (κ1) is 12.2. The summed E-state index contributed by atoms with van der Waals surface area (Å²) in [7, 11) is 0. The Morgan fingerprint density at radius 1 is 1.11 bits per heavy atom. The quantitative estimate of drug-likeness (QED) is 0.862. The number of hydrogen-bond acceptors (Lipinski definition) is 3. The van der Waals surface area contributed by atoms with Gasteiger partial charge in [0.2, 0.25) is 0 Å². The predicted molar refractivity (Wildman–Crippen MR) is 71.0 cm³/mol. The lowest BCUT2D eigenvalue weighted by Crippen LogP contribution is -2.02. The Kier molecular flexibility index (Phi) is 3.61. The van der Waals surface area contributed by atoms with E-state index >= 15 is 0 Å². The molecule has 0 aliphatic rings. The third-order valence-corrected chi connectivity index (χ3v) is 2.82. The lowest BCUT2D eigenvalue weighted by atomic mass is 10.00. The van der Waals surface area contributed by atoms with Crippen LogP contribution in [0.4, 0.5) is 0 Å². The number of nitrogens with zero attached hydrogens (tertiary/aromatic N) is 1. The van der Waals surface area contributed by atoms with Crippen molar-refractivity contribution in [1.29, 1.82) is 5.26 Å². The zero-order valence-electron chi connectivity index (χ0n) is 9.93. The summed E-state index contributed by atoms with van der Waals surface area (Å²) in [6, 6.07) is 14.7. The topological polar surface area (TPSA) is 70.0 Å². The van der Waals surface area contributed by atoms with Crippen LogP contribution in [0.25, 0.3) is 11.1 Å². The number of benzene rings is 2. The molecule has 0 saturated carbocycles. The second kappa shape index (κ2) is 5.35. The van der Waals surface area contributed by atoms with Gasteiger partial charge in [0.05, 0.1) is 11.6 Å². The molecule has 0 amide bonds. The summed E-state index contributed by atoms with van der Waals surface area (Å²) in [4.78, 5) is 0. The molecular weight excluding hydrogens is 224 g/mol. The fraction of sp³-hybridized carbons (Fsp3) is 0.133. The monoisotopic (exact) mass is 238 g/mol. The second-order valence-corrected chi connectivity index (χ2v) is 4.08. The molecule has 2 rings (SSSR count). The molecule has 2 aromatic rings. The Labute approximate surface area is 106 Å². The lowest BCUT2D eigenvalue weighted by molar-refractivity contribution is 0.477. The number of phenolic OH excluding ortho intramolecular Hbond substituents is 1. The van der Waals surface area contributed by atoms with E-state index in [1.165, 1.54) is 0 Å². The molecule has 0 spiro atoms. The summed E-state index contributed by atoms with van der Waals surface area (Å²) < 4.78 is 0. The van der Waals surface area contributed by atoms with Crippen molar-refractivity contribution in [2.45, 2.75) is 6.42 Å². The molecular formula is C15H14N2O. The van der Waals surface area contributed by atoms with Gasteiger partial charge in [-0.05, 0) is 48.4 Å². The Balaban J connectivity index is 2.42. The van der Waals surface area contributed by atoms with E-state index in [1.54, 1.807) is 18.2 Å². The molecule has 0 unspecified atom stereocenters. The predicted octanol–water partition coefficient (Wildman–Crippen LogP) is 2.43. The van der Waals surface area contributed by atoms with Crippen LogP contribution in [0.1, 0.15) is 11.1 Å². The van der Waals surface area contributed by atoms with E-state index in [4.69, 9.17) is 11.0 Å². The minimum atomic E-state index is 0.237. The van der Waals surface area contributed by atoms with Gasteiger partial charge < -0.3 is 10.8 Å². The molecule has 2 aromatic carbocycles. The molecule has 0 fully saturated rings. The highest BCUT2D eigenvalue weighted by molar-refractivity contribution is 5.71. The van der Waals surface area contributed by atoms with Crippen molar-refractivity contribution in [1.82, 2.24) is 0 Å². The van der Waals surface area contributed by atoms with Crippen molar-refractivity contribution >= 4 is 0 Å². The van der Waals surface area contributed by atoms with Gasteiger partial charge in [-0.3, -0.25) is 0 Å². The maximum absolute atomic E-state index is 9.89. The summed E-state index contributed by atoms with van der Waals surface area (Å²) in [6.45, 7) is 0.581. The number of nitrogens with two attached hydrogens (primary N) is 1. The maximum atomic E-state index is 9.89. The van der Waals surface area contributed by atoms with E-state index in [0.29, 0.717) is 12.1 Å². The number of rotatable bonds is 3. The highest BCUT2D eigenvalue weighted by Gasteiger charge is 2.05. The van der Waals surface area contributed by atoms with Crippen LogP contribution in [0, 0.1) is 11.3 Å². The molecule has 3 nitrogen and oxygen atoms in total. The van der Waals surface area contributed by atoms with Crippen molar-refractivity contribution in [3.63, 3.8) is 0 Å². The van der Waals surface area contributed by atoms with E-state index in [0.717, 1.165) is 23.1 Å². The van der Waals surface area contributed by atoms with Crippen molar-refractivity contribution in [3.05, 3.63) is 53.6 Å². The van der Waals surface area contributed by atoms with Gasteiger partial charge in [0.25, 0.3) is 0 Å². The molecule has 0 aliphatic heterocycles. The highest BCUT2D eigenvalue weighted by Crippen LogP contribution is 2.30. The van der Waals surface area contributed by atoms with Crippen LogP contribution < -0.4 is 5.73 Å². The Morgan fingerprint density at radius 2 is 1.83 bits per heavy atom. The van der Waals surface area contributed by atoms with E-state index in [1.807, 2.05) is 24.3 Å². The van der Waals surface area contributed by atoms with Crippen molar-refractivity contribution in [2.24, 2.45) is 5.73 Å². The highest BCUT2D eigenvalue weighted by atomic mass is 16.3. The summed E-state index contributed by atoms with van der Waals surface area (Å²) >= 11 is 0. The van der Waals surface area contributed by atoms with Crippen LogP contribution in [0.2, 0.25) is 0 Å². The van der Waals surface area contributed by atoms with Gasteiger partial charge in [0.15, 0.2) is 0 Å². The average Bonchev–Trinajstić information content (AvgIpc) is 2.41. The summed E-state index contributed by atoms with van der Waals surface area (Å²) in [5.74, 6) is 0.237. The number of aromatic hydroxyl groups is 1. The average molecular weight is 238 g/mol. The number of hydrogen-bond donors (Lipinski definition) is 2. The Hall–Kier alpha value is -2.31. The molecule has 0 heterocycles. The SMILES string of the molecule is N#Cc1ccc(-c2cc(CCN)ccc2O)cc1. The van der Waals surface area contributed by atoms with Crippen molar-refractivity contribution in [2.75, 3.05) is 6.54 Å². The molecule has 0 saturated heterocycles. The van der Waals surface area contributed by atoms with E-state index in [9.17, 15) is 5.11 Å². The van der Waals surface area contributed by atoms with E-state index in [-0.39, 0.29) is 5.75 Å². The van der Waals surface area contributed by atoms with Crippen LogP contribution in [0.3, 0.4) is 0 Å². The van der Waals surface area contributed by atoms with Crippen LogP contribution in [0.5, 0.6) is 5.75 Å². The van der Waals surface area contributed by atoms with Crippen molar-refractivity contribution in [3.8, 4) is 22.9 Å². The smallest absolute Gasteiger partial charge is 0.123 e. The summed E-state index contributed by atoms with van der Waals surface area (Å²) in [5, 5.41) is 18.6. The minimum absolute atomic E-state index is 0.237. The van der Waals surface area contributed by atoms with Gasteiger partial charge >= 0.3 is 0 Å². The van der Waals surface area contributed by atoms with Gasteiger partial charge in [0, 0.05) is 5.56 Å². The van der Waals surface area contributed by atoms with Crippen molar-refractivity contribution < 1.29 is 5.11 Å². The fourth-order valence-corrected chi connectivity index (χ4v) is 1.86. The molecule has 0 bridgehead atoms. The zero-order valence-corrected chi connectivity index (χ0v) is 9.93. The zero-order chi connectivity index (χ0) is 13.0. The van der Waals surface area contributed by atoms with Gasteiger partial charge in [-0.15, -0.1) is 0 Å². The fourth-order valence-electron chi connectivity index (χ4n) is 1.86. The Bertz CT molecular complexity index is 582. The third kappa shape index (κ3) is 2.50. The standard InChI is InChI=1S/C15H14N2O/c16-8-7-11-3-6-15(18)14(9-11)13-4-1-12(10-17)2-5-13/h1-6,9,18H,7-8,16H2.